The van der Waals surface area contributed by atoms with Gasteiger partial charge in [-0.25, -0.2) is 18.1 Å². The molecule has 0 saturated carbocycles. The molecular formula is C12H19N5O2S. The Kier molecular flexibility index (Phi) is 4.58. The second-order valence-corrected chi connectivity index (χ2v) is 6.26. The van der Waals surface area contributed by atoms with Gasteiger partial charge in [-0.3, -0.25) is 0 Å². The molecule has 2 aromatic rings. The van der Waals surface area contributed by atoms with Crippen molar-refractivity contribution < 1.29 is 8.42 Å². The molecule has 0 fully saturated rings. The zero-order chi connectivity index (χ0) is 14.6. The van der Waals surface area contributed by atoms with Gasteiger partial charge >= 0.3 is 0 Å². The first-order chi connectivity index (χ1) is 9.53. The van der Waals surface area contributed by atoms with Crippen molar-refractivity contribution in [1.82, 2.24) is 24.6 Å². The van der Waals surface area contributed by atoms with Crippen molar-refractivity contribution in [3.05, 3.63) is 36.2 Å². The summed E-state index contributed by atoms with van der Waals surface area (Å²) in [5.41, 5.74) is 0.916. The van der Waals surface area contributed by atoms with Crippen LogP contribution in [0.25, 0.3) is 0 Å². The van der Waals surface area contributed by atoms with E-state index in [4.69, 9.17) is 0 Å². The van der Waals surface area contributed by atoms with Crippen molar-refractivity contribution in [2.75, 3.05) is 13.6 Å². The van der Waals surface area contributed by atoms with Crippen LogP contribution < -0.4 is 10.0 Å². The number of aromatic amines is 1. The molecule has 0 unspecified atom stereocenters. The Hall–Kier alpha value is -1.64. The largest absolute Gasteiger partial charge is 0.352 e. The number of aryl methyl sites for hydroxylation is 1. The molecule has 110 valence electrons. The van der Waals surface area contributed by atoms with Gasteiger partial charge in [0.1, 0.15) is 5.82 Å². The first-order valence-corrected chi connectivity index (χ1v) is 7.79. The molecule has 0 aliphatic carbocycles. The van der Waals surface area contributed by atoms with Gasteiger partial charge in [0.2, 0.25) is 10.0 Å². The molecule has 20 heavy (non-hydrogen) atoms. The van der Waals surface area contributed by atoms with E-state index in [1.807, 2.05) is 14.1 Å². The van der Waals surface area contributed by atoms with Crippen LogP contribution in [0.15, 0.2) is 29.6 Å². The second-order valence-electron chi connectivity index (χ2n) is 4.49. The molecule has 0 bridgehead atoms. The molecule has 0 amide bonds. The lowest BCUT2D eigenvalue weighted by molar-refractivity contribution is 0.581. The van der Waals surface area contributed by atoms with E-state index in [9.17, 15) is 8.42 Å². The Morgan fingerprint density at radius 2 is 2.25 bits per heavy atom. The zero-order valence-corrected chi connectivity index (χ0v) is 12.4. The highest BCUT2D eigenvalue weighted by Crippen LogP contribution is 2.13. The van der Waals surface area contributed by atoms with Gasteiger partial charge in [-0.05, 0) is 13.1 Å². The summed E-state index contributed by atoms with van der Waals surface area (Å²) in [5.74, 6) is 0.761. The van der Waals surface area contributed by atoms with E-state index in [0.717, 1.165) is 11.5 Å². The molecule has 0 aromatic carbocycles. The lowest BCUT2D eigenvalue weighted by atomic mass is 10.4. The molecule has 0 aliphatic rings. The van der Waals surface area contributed by atoms with E-state index in [-0.39, 0.29) is 4.90 Å². The Balaban J connectivity index is 2.00. The molecule has 0 saturated heterocycles. The van der Waals surface area contributed by atoms with Gasteiger partial charge in [-0.1, -0.05) is 0 Å². The molecule has 0 atom stereocenters. The number of sulfonamides is 1. The molecule has 0 aliphatic heterocycles. The maximum Gasteiger partial charge on any atom is 0.242 e. The summed E-state index contributed by atoms with van der Waals surface area (Å²) in [7, 11) is 0.176. The van der Waals surface area contributed by atoms with Crippen molar-refractivity contribution >= 4 is 10.0 Å². The fourth-order valence-electron chi connectivity index (χ4n) is 1.90. The van der Waals surface area contributed by atoms with E-state index < -0.39 is 10.0 Å². The number of hydrogen-bond acceptors (Lipinski definition) is 4. The topological polar surface area (TPSA) is 91.8 Å². The predicted octanol–water partition coefficient (Wildman–Crippen LogP) is -0.0114. The first kappa shape index (κ1) is 14.8. The Morgan fingerprint density at radius 3 is 2.90 bits per heavy atom. The smallest absolute Gasteiger partial charge is 0.242 e. The lowest BCUT2D eigenvalue weighted by Gasteiger charge is -2.03. The van der Waals surface area contributed by atoms with Crippen molar-refractivity contribution in [2.45, 2.75) is 17.9 Å². The molecule has 8 heteroatoms. The van der Waals surface area contributed by atoms with Crippen molar-refractivity contribution in [1.29, 1.82) is 0 Å². The van der Waals surface area contributed by atoms with Gasteiger partial charge in [0.15, 0.2) is 0 Å². The normalized spacial score (nSPS) is 11.9. The Bertz CT molecular complexity index is 645. The SMILES string of the molecule is CNCc1cc(S(=O)(=O)NCCc2ncc[nH]2)cn1C. The minimum absolute atomic E-state index is 0.282. The summed E-state index contributed by atoms with van der Waals surface area (Å²) in [4.78, 5) is 7.27. The first-order valence-electron chi connectivity index (χ1n) is 6.30. The predicted molar refractivity (Wildman–Crippen MR) is 75.7 cm³/mol. The number of imidazole rings is 1. The zero-order valence-electron chi connectivity index (χ0n) is 11.5. The summed E-state index contributed by atoms with van der Waals surface area (Å²) >= 11 is 0. The molecule has 2 rings (SSSR count). The second kappa shape index (κ2) is 6.21. The van der Waals surface area contributed by atoms with Crippen molar-refractivity contribution in [2.24, 2.45) is 7.05 Å². The third-order valence-electron chi connectivity index (χ3n) is 2.96. The fourth-order valence-corrected chi connectivity index (χ4v) is 3.03. The third-order valence-corrected chi connectivity index (χ3v) is 4.39. The molecule has 2 heterocycles. The van der Waals surface area contributed by atoms with Gasteiger partial charge < -0.3 is 14.9 Å². The summed E-state index contributed by atoms with van der Waals surface area (Å²) in [6.45, 7) is 0.935. The molecule has 3 N–H and O–H groups in total. The Morgan fingerprint density at radius 1 is 1.45 bits per heavy atom. The van der Waals surface area contributed by atoms with E-state index in [0.29, 0.717) is 19.5 Å². The average Bonchev–Trinajstić information content (AvgIpc) is 3.01. The number of hydrogen-bond donors (Lipinski definition) is 3. The van der Waals surface area contributed by atoms with Crippen LogP contribution in [0.3, 0.4) is 0 Å². The third kappa shape index (κ3) is 3.47. The summed E-state index contributed by atoms with van der Waals surface area (Å²) in [6.07, 6.45) is 5.50. The highest BCUT2D eigenvalue weighted by atomic mass is 32.2. The van der Waals surface area contributed by atoms with Crippen LogP contribution >= 0.6 is 0 Å². The van der Waals surface area contributed by atoms with Crippen molar-refractivity contribution in [3.8, 4) is 0 Å². The summed E-state index contributed by atoms with van der Waals surface area (Å²) in [6, 6.07) is 1.67. The van der Waals surface area contributed by atoms with Crippen LogP contribution in [-0.2, 0) is 30.0 Å². The number of aromatic nitrogens is 3. The fraction of sp³-hybridized carbons (Fsp3) is 0.417. The van der Waals surface area contributed by atoms with Crippen LogP contribution in [0, 0.1) is 0 Å². The molecule has 2 aromatic heterocycles. The van der Waals surface area contributed by atoms with E-state index in [1.54, 1.807) is 29.2 Å². The van der Waals surface area contributed by atoms with Gasteiger partial charge in [-0.2, -0.15) is 0 Å². The molecular weight excluding hydrogens is 278 g/mol. The molecule has 0 spiro atoms. The maximum atomic E-state index is 12.2. The lowest BCUT2D eigenvalue weighted by Crippen LogP contribution is -2.26. The monoisotopic (exact) mass is 297 g/mol. The molecule has 0 radical (unpaired) electrons. The van der Waals surface area contributed by atoms with Gasteiger partial charge in [0.25, 0.3) is 0 Å². The number of nitrogens with one attached hydrogen (secondary N) is 3. The number of nitrogens with zero attached hydrogens (tertiary/aromatic N) is 2. The van der Waals surface area contributed by atoms with Crippen molar-refractivity contribution in [3.63, 3.8) is 0 Å². The maximum absolute atomic E-state index is 12.2. The minimum atomic E-state index is -3.47. The van der Waals surface area contributed by atoms with Crippen LogP contribution in [-0.4, -0.2) is 36.5 Å². The number of rotatable bonds is 7. The van der Waals surface area contributed by atoms with Crippen LogP contribution in [0.1, 0.15) is 11.5 Å². The summed E-state index contributed by atoms with van der Waals surface area (Å²) in [5, 5.41) is 3.00. The van der Waals surface area contributed by atoms with Gasteiger partial charge in [0.05, 0.1) is 4.90 Å². The molecule has 7 nitrogen and oxygen atoms in total. The van der Waals surface area contributed by atoms with Crippen LogP contribution in [0.4, 0.5) is 0 Å². The van der Waals surface area contributed by atoms with E-state index >= 15 is 0 Å². The highest BCUT2D eigenvalue weighted by Gasteiger charge is 2.16. The van der Waals surface area contributed by atoms with E-state index in [1.165, 1.54) is 0 Å². The standard InChI is InChI=1S/C12H19N5O2S/c1-13-8-10-7-11(9-17(10)2)20(18,19)16-4-3-12-14-5-6-15-12/h5-7,9,13,16H,3-4,8H2,1-2H3,(H,14,15). The Labute approximate surface area is 118 Å². The quantitative estimate of drug-likeness (QED) is 0.670. The van der Waals surface area contributed by atoms with Crippen LogP contribution in [0.2, 0.25) is 0 Å². The minimum Gasteiger partial charge on any atom is -0.352 e. The average molecular weight is 297 g/mol. The van der Waals surface area contributed by atoms with Gasteiger partial charge in [-0.15, -0.1) is 0 Å². The van der Waals surface area contributed by atoms with Gasteiger partial charge in [0, 0.05) is 50.8 Å². The highest BCUT2D eigenvalue weighted by molar-refractivity contribution is 7.89. The van der Waals surface area contributed by atoms with E-state index in [2.05, 4.69) is 20.0 Å². The van der Waals surface area contributed by atoms with Crippen LogP contribution in [0.5, 0.6) is 0 Å². The number of H-pyrrole nitrogens is 1. The summed E-state index contributed by atoms with van der Waals surface area (Å²) < 4.78 is 28.7.